The predicted molar refractivity (Wildman–Crippen MR) is 75.5 cm³/mol. The number of rotatable bonds is 6. The van der Waals surface area contributed by atoms with E-state index in [4.69, 9.17) is 4.74 Å². The van der Waals surface area contributed by atoms with E-state index in [0.717, 1.165) is 11.3 Å². The average Bonchev–Trinajstić information content (AvgIpc) is 2.45. The molecule has 2 rings (SSSR count). The fourth-order valence-corrected chi connectivity index (χ4v) is 1.92. The van der Waals surface area contributed by atoms with Crippen molar-refractivity contribution in [1.29, 1.82) is 0 Å². The Morgan fingerprint density at radius 2 is 1.70 bits per heavy atom. The lowest BCUT2D eigenvalue weighted by molar-refractivity contribution is 0.134. The Kier molecular flexibility index (Phi) is 5.07. The van der Waals surface area contributed by atoms with Crippen molar-refractivity contribution in [1.82, 2.24) is 0 Å². The minimum atomic E-state index is -0.542. The molecule has 20 heavy (non-hydrogen) atoms. The van der Waals surface area contributed by atoms with Crippen LogP contribution in [0.1, 0.15) is 18.1 Å². The number of benzene rings is 2. The van der Waals surface area contributed by atoms with Crippen molar-refractivity contribution in [3.05, 3.63) is 65.2 Å². The van der Waals surface area contributed by atoms with E-state index in [9.17, 15) is 8.78 Å². The Bertz CT molecular complexity index is 552. The van der Waals surface area contributed by atoms with Crippen LogP contribution >= 0.6 is 0 Å². The fourth-order valence-electron chi connectivity index (χ4n) is 1.92. The van der Waals surface area contributed by atoms with E-state index in [1.807, 2.05) is 31.2 Å². The Morgan fingerprint density at radius 3 is 2.40 bits per heavy atom. The molecule has 0 bridgehead atoms. The van der Waals surface area contributed by atoms with Gasteiger partial charge in [0.1, 0.15) is 11.6 Å². The molecule has 0 unspecified atom stereocenters. The summed E-state index contributed by atoms with van der Waals surface area (Å²) in [5, 5.41) is 3.06. The molecule has 0 radical (unpaired) electrons. The summed E-state index contributed by atoms with van der Waals surface area (Å²) in [6.07, 6.45) is 0. The van der Waals surface area contributed by atoms with Gasteiger partial charge in [0, 0.05) is 30.0 Å². The lowest BCUT2D eigenvalue weighted by Gasteiger charge is -2.13. The van der Waals surface area contributed by atoms with Gasteiger partial charge < -0.3 is 10.1 Å². The normalized spacial score (nSPS) is 10.6. The summed E-state index contributed by atoms with van der Waals surface area (Å²) >= 11 is 0. The molecule has 0 amide bonds. The van der Waals surface area contributed by atoms with E-state index >= 15 is 0 Å². The number of halogens is 2. The van der Waals surface area contributed by atoms with Gasteiger partial charge in [-0.1, -0.05) is 24.3 Å². The van der Waals surface area contributed by atoms with Gasteiger partial charge in [-0.3, -0.25) is 0 Å². The zero-order valence-electron chi connectivity index (χ0n) is 11.3. The smallest absolute Gasteiger partial charge is 0.131 e. The second-order valence-electron chi connectivity index (χ2n) is 4.35. The second kappa shape index (κ2) is 7.01. The molecule has 2 aromatic carbocycles. The number of ether oxygens (including phenoxy) is 1. The highest BCUT2D eigenvalue weighted by molar-refractivity contribution is 5.51. The maximum Gasteiger partial charge on any atom is 0.131 e. The van der Waals surface area contributed by atoms with Gasteiger partial charge in [0.2, 0.25) is 0 Å². The standard InChI is InChI=1S/C16H17F2NO/c1-2-20-11-12-6-3-4-9-16(12)19-10-13-14(17)7-5-8-15(13)18/h3-9,19H,2,10-11H2,1H3. The minimum absolute atomic E-state index is 0.0405. The van der Waals surface area contributed by atoms with E-state index in [1.54, 1.807) is 0 Å². The van der Waals surface area contributed by atoms with Gasteiger partial charge in [-0.15, -0.1) is 0 Å². The van der Waals surface area contributed by atoms with Gasteiger partial charge in [0.25, 0.3) is 0 Å². The van der Waals surface area contributed by atoms with Gasteiger partial charge in [-0.05, 0) is 25.1 Å². The number of nitrogens with one attached hydrogen (secondary N) is 1. The molecule has 1 N–H and O–H groups in total. The van der Waals surface area contributed by atoms with Crippen molar-refractivity contribution < 1.29 is 13.5 Å². The van der Waals surface area contributed by atoms with E-state index in [2.05, 4.69) is 5.32 Å². The second-order valence-corrected chi connectivity index (χ2v) is 4.35. The molecule has 0 aliphatic carbocycles. The first-order chi connectivity index (χ1) is 9.72. The van der Waals surface area contributed by atoms with E-state index in [1.165, 1.54) is 18.2 Å². The first kappa shape index (κ1) is 14.5. The van der Waals surface area contributed by atoms with E-state index in [-0.39, 0.29) is 12.1 Å². The van der Waals surface area contributed by atoms with Crippen LogP contribution < -0.4 is 5.32 Å². The third kappa shape index (κ3) is 3.54. The summed E-state index contributed by atoms with van der Waals surface area (Å²) in [7, 11) is 0. The quantitative estimate of drug-likeness (QED) is 0.857. The summed E-state index contributed by atoms with van der Waals surface area (Å²) in [5.41, 5.74) is 1.83. The Labute approximate surface area is 117 Å². The maximum atomic E-state index is 13.6. The largest absolute Gasteiger partial charge is 0.380 e. The highest BCUT2D eigenvalue weighted by Crippen LogP contribution is 2.19. The first-order valence-corrected chi connectivity index (χ1v) is 6.54. The molecule has 2 nitrogen and oxygen atoms in total. The summed E-state index contributed by atoms with van der Waals surface area (Å²) in [6, 6.07) is 11.4. The molecule has 106 valence electrons. The molecule has 0 atom stereocenters. The molecular weight excluding hydrogens is 260 g/mol. The monoisotopic (exact) mass is 277 g/mol. The van der Waals surface area contributed by atoms with Crippen LogP contribution in [0.3, 0.4) is 0 Å². The SMILES string of the molecule is CCOCc1ccccc1NCc1c(F)cccc1F. The van der Waals surface area contributed by atoms with Crippen LogP contribution in [0, 0.1) is 11.6 Å². The highest BCUT2D eigenvalue weighted by atomic mass is 19.1. The fraction of sp³-hybridized carbons (Fsp3) is 0.250. The molecule has 0 saturated carbocycles. The zero-order valence-corrected chi connectivity index (χ0v) is 11.3. The van der Waals surface area contributed by atoms with Crippen molar-refractivity contribution in [3.8, 4) is 0 Å². The predicted octanol–water partition coefficient (Wildman–Crippen LogP) is 4.11. The topological polar surface area (TPSA) is 21.3 Å². The lowest BCUT2D eigenvalue weighted by Crippen LogP contribution is -2.07. The van der Waals surface area contributed by atoms with Gasteiger partial charge in [0.15, 0.2) is 0 Å². The number of anilines is 1. The third-order valence-electron chi connectivity index (χ3n) is 3.00. The molecule has 4 heteroatoms. The van der Waals surface area contributed by atoms with Crippen LogP contribution in [0.25, 0.3) is 0 Å². The van der Waals surface area contributed by atoms with E-state index in [0.29, 0.717) is 13.2 Å². The number of hydrogen-bond acceptors (Lipinski definition) is 2. The first-order valence-electron chi connectivity index (χ1n) is 6.54. The molecular formula is C16H17F2NO. The van der Waals surface area contributed by atoms with Crippen LogP contribution in [-0.2, 0) is 17.9 Å². The molecule has 0 spiro atoms. The van der Waals surface area contributed by atoms with Gasteiger partial charge in [-0.25, -0.2) is 8.78 Å². The summed E-state index contributed by atoms with van der Waals surface area (Å²) in [4.78, 5) is 0. The summed E-state index contributed by atoms with van der Waals surface area (Å²) in [6.45, 7) is 3.11. The highest BCUT2D eigenvalue weighted by Gasteiger charge is 2.09. The van der Waals surface area contributed by atoms with Crippen molar-refractivity contribution in [2.75, 3.05) is 11.9 Å². The molecule has 0 aromatic heterocycles. The van der Waals surface area contributed by atoms with Gasteiger partial charge in [-0.2, -0.15) is 0 Å². The molecule has 0 fully saturated rings. The van der Waals surface area contributed by atoms with Crippen LogP contribution in [0.5, 0.6) is 0 Å². The van der Waals surface area contributed by atoms with Gasteiger partial charge in [0.05, 0.1) is 6.61 Å². The summed E-state index contributed by atoms with van der Waals surface area (Å²) < 4.78 is 32.5. The van der Waals surface area contributed by atoms with Crippen LogP contribution in [-0.4, -0.2) is 6.61 Å². The third-order valence-corrected chi connectivity index (χ3v) is 3.00. The molecule has 2 aromatic rings. The number of hydrogen-bond donors (Lipinski definition) is 1. The lowest BCUT2D eigenvalue weighted by atomic mass is 10.1. The Hall–Kier alpha value is -1.94. The minimum Gasteiger partial charge on any atom is -0.380 e. The zero-order chi connectivity index (χ0) is 14.4. The van der Waals surface area contributed by atoms with E-state index < -0.39 is 11.6 Å². The molecule has 0 heterocycles. The molecule has 0 aliphatic heterocycles. The maximum absolute atomic E-state index is 13.6. The Morgan fingerprint density at radius 1 is 1.00 bits per heavy atom. The Balaban J connectivity index is 2.11. The average molecular weight is 277 g/mol. The molecule has 0 aliphatic rings. The van der Waals surface area contributed by atoms with Gasteiger partial charge >= 0.3 is 0 Å². The van der Waals surface area contributed by atoms with Crippen LogP contribution in [0.15, 0.2) is 42.5 Å². The van der Waals surface area contributed by atoms with Crippen LogP contribution in [0.4, 0.5) is 14.5 Å². The van der Waals surface area contributed by atoms with Crippen molar-refractivity contribution in [2.24, 2.45) is 0 Å². The number of para-hydroxylation sites is 1. The molecule has 0 saturated heterocycles. The van der Waals surface area contributed by atoms with Crippen molar-refractivity contribution >= 4 is 5.69 Å². The van der Waals surface area contributed by atoms with Crippen LogP contribution in [0.2, 0.25) is 0 Å². The summed E-state index contributed by atoms with van der Waals surface area (Å²) in [5.74, 6) is -1.08. The van der Waals surface area contributed by atoms with Crippen molar-refractivity contribution in [3.63, 3.8) is 0 Å². The van der Waals surface area contributed by atoms with Crippen molar-refractivity contribution in [2.45, 2.75) is 20.1 Å².